The third-order valence-corrected chi connectivity index (χ3v) is 3.70. The molecule has 1 heterocycles. The Kier molecular flexibility index (Phi) is 5.21. The van der Waals surface area contributed by atoms with Crippen molar-refractivity contribution >= 4 is 17.6 Å². The monoisotopic (exact) mass is 273 g/mol. The molecule has 100 valence electrons. The molecular weight excluding hydrogens is 254 g/mol. The van der Waals surface area contributed by atoms with Crippen LogP contribution in [0.15, 0.2) is 36.7 Å². The molecule has 19 heavy (non-hydrogen) atoms. The molecule has 4 heteroatoms. The van der Waals surface area contributed by atoms with E-state index in [2.05, 4.69) is 46.5 Å². The molecule has 1 aromatic heterocycles. The van der Waals surface area contributed by atoms with Gasteiger partial charge in [-0.1, -0.05) is 29.8 Å². The highest BCUT2D eigenvalue weighted by atomic mass is 32.2. The number of hydrogen-bond donors (Lipinski definition) is 1. The molecule has 0 radical (unpaired) electrons. The highest BCUT2D eigenvalue weighted by Crippen LogP contribution is 2.17. The van der Waals surface area contributed by atoms with Crippen LogP contribution in [0.3, 0.4) is 0 Å². The maximum Gasteiger partial charge on any atom is 0.144 e. The highest BCUT2D eigenvalue weighted by Gasteiger charge is 1.99. The van der Waals surface area contributed by atoms with E-state index in [1.807, 2.05) is 24.9 Å². The van der Waals surface area contributed by atoms with Gasteiger partial charge in [0.05, 0.1) is 18.1 Å². The molecule has 0 unspecified atom stereocenters. The largest absolute Gasteiger partial charge is 0.369 e. The Labute approximate surface area is 118 Å². The van der Waals surface area contributed by atoms with Gasteiger partial charge in [-0.05, 0) is 19.4 Å². The fourth-order valence-corrected chi connectivity index (χ4v) is 2.65. The summed E-state index contributed by atoms with van der Waals surface area (Å²) in [6.07, 6.45) is 3.65. The second kappa shape index (κ2) is 7.14. The van der Waals surface area contributed by atoms with Gasteiger partial charge < -0.3 is 5.32 Å². The Morgan fingerprint density at radius 1 is 1.16 bits per heavy atom. The number of nitrogens with zero attached hydrogens (tertiary/aromatic N) is 2. The summed E-state index contributed by atoms with van der Waals surface area (Å²) in [7, 11) is 0. The number of aromatic nitrogens is 2. The average Bonchev–Trinajstić information content (AvgIpc) is 2.41. The lowest BCUT2D eigenvalue weighted by Crippen LogP contribution is -2.00. The lowest BCUT2D eigenvalue weighted by atomic mass is 10.2. The second-order valence-corrected chi connectivity index (χ2v) is 5.39. The van der Waals surface area contributed by atoms with Crippen molar-refractivity contribution in [1.29, 1.82) is 0 Å². The zero-order chi connectivity index (χ0) is 13.5. The lowest BCUT2D eigenvalue weighted by molar-refractivity contribution is 1.07. The quantitative estimate of drug-likeness (QED) is 0.872. The normalized spacial score (nSPS) is 10.4. The molecule has 0 amide bonds. The minimum atomic E-state index is 0.843. The van der Waals surface area contributed by atoms with Gasteiger partial charge in [-0.3, -0.25) is 4.98 Å². The highest BCUT2D eigenvalue weighted by molar-refractivity contribution is 7.97. The van der Waals surface area contributed by atoms with Crippen molar-refractivity contribution in [2.24, 2.45) is 0 Å². The van der Waals surface area contributed by atoms with Crippen molar-refractivity contribution in [2.75, 3.05) is 11.9 Å². The zero-order valence-electron chi connectivity index (χ0n) is 11.4. The molecule has 3 nitrogen and oxygen atoms in total. The van der Waals surface area contributed by atoms with Crippen molar-refractivity contribution < 1.29 is 0 Å². The minimum absolute atomic E-state index is 0.843. The molecule has 1 N–H and O–H groups in total. The molecule has 0 aliphatic heterocycles. The first-order valence-electron chi connectivity index (χ1n) is 6.46. The number of nitrogens with one attached hydrogen (secondary N) is 1. The molecule has 0 spiro atoms. The summed E-state index contributed by atoms with van der Waals surface area (Å²) in [4.78, 5) is 8.72. The van der Waals surface area contributed by atoms with Gasteiger partial charge in [-0.2, -0.15) is 11.8 Å². The Morgan fingerprint density at radius 2 is 2.05 bits per heavy atom. The molecule has 2 aromatic rings. The Morgan fingerprint density at radius 3 is 2.74 bits per heavy atom. The van der Waals surface area contributed by atoms with Gasteiger partial charge in [0.15, 0.2) is 0 Å². The predicted molar refractivity (Wildman–Crippen MR) is 82.4 cm³/mol. The summed E-state index contributed by atoms with van der Waals surface area (Å²) in [5.74, 6) is 2.75. The SMILES string of the molecule is CCNc1cnc(CSCc2cccc(C)c2)cn1. The van der Waals surface area contributed by atoms with Crippen LogP contribution in [-0.2, 0) is 11.5 Å². The van der Waals surface area contributed by atoms with Crippen LogP contribution in [-0.4, -0.2) is 16.5 Å². The van der Waals surface area contributed by atoms with Gasteiger partial charge in [0.25, 0.3) is 0 Å². The van der Waals surface area contributed by atoms with E-state index in [9.17, 15) is 0 Å². The van der Waals surface area contributed by atoms with E-state index in [1.165, 1.54) is 11.1 Å². The maximum absolute atomic E-state index is 4.40. The number of anilines is 1. The van der Waals surface area contributed by atoms with E-state index < -0.39 is 0 Å². The van der Waals surface area contributed by atoms with Gasteiger partial charge in [0.1, 0.15) is 5.82 Å². The van der Waals surface area contributed by atoms with Crippen LogP contribution in [0.4, 0.5) is 5.82 Å². The van der Waals surface area contributed by atoms with Crippen molar-refractivity contribution in [1.82, 2.24) is 9.97 Å². The number of aryl methyl sites for hydroxylation is 1. The number of rotatable bonds is 6. The van der Waals surface area contributed by atoms with E-state index in [0.717, 1.165) is 29.6 Å². The average molecular weight is 273 g/mol. The zero-order valence-corrected chi connectivity index (χ0v) is 12.2. The molecule has 0 atom stereocenters. The second-order valence-electron chi connectivity index (χ2n) is 4.41. The summed E-state index contributed by atoms with van der Waals surface area (Å²) in [6, 6.07) is 8.63. The van der Waals surface area contributed by atoms with Crippen LogP contribution in [0.2, 0.25) is 0 Å². The standard InChI is InChI=1S/C15H19N3S/c1-3-16-15-9-17-14(8-18-15)11-19-10-13-6-4-5-12(2)7-13/h4-9H,3,10-11H2,1-2H3,(H,16,18). The first-order chi connectivity index (χ1) is 9.28. The first-order valence-corrected chi connectivity index (χ1v) is 7.61. The smallest absolute Gasteiger partial charge is 0.144 e. The number of hydrogen-bond acceptors (Lipinski definition) is 4. The van der Waals surface area contributed by atoms with Crippen molar-refractivity contribution in [3.8, 4) is 0 Å². The van der Waals surface area contributed by atoms with Gasteiger partial charge in [-0.25, -0.2) is 4.98 Å². The molecule has 1 aromatic carbocycles. The fraction of sp³-hybridized carbons (Fsp3) is 0.333. The summed E-state index contributed by atoms with van der Waals surface area (Å²) >= 11 is 1.86. The minimum Gasteiger partial charge on any atom is -0.369 e. The Hall–Kier alpha value is -1.55. The van der Waals surface area contributed by atoms with Gasteiger partial charge >= 0.3 is 0 Å². The number of benzene rings is 1. The predicted octanol–water partition coefficient (Wildman–Crippen LogP) is 3.65. The van der Waals surface area contributed by atoms with Gasteiger partial charge in [0, 0.05) is 18.1 Å². The van der Waals surface area contributed by atoms with E-state index in [1.54, 1.807) is 6.20 Å². The maximum atomic E-state index is 4.40. The molecular formula is C15H19N3S. The van der Waals surface area contributed by atoms with Crippen LogP contribution in [0.5, 0.6) is 0 Å². The van der Waals surface area contributed by atoms with Gasteiger partial charge in [-0.15, -0.1) is 0 Å². The summed E-state index contributed by atoms with van der Waals surface area (Å²) in [6.45, 7) is 5.04. The van der Waals surface area contributed by atoms with E-state index in [4.69, 9.17) is 0 Å². The molecule has 0 bridgehead atoms. The van der Waals surface area contributed by atoms with E-state index in [0.29, 0.717) is 0 Å². The lowest BCUT2D eigenvalue weighted by Gasteiger charge is -2.04. The van der Waals surface area contributed by atoms with E-state index in [-0.39, 0.29) is 0 Å². The summed E-state index contributed by atoms with van der Waals surface area (Å²) in [5, 5.41) is 3.14. The Balaban J connectivity index is 1.82. The van der Waals surface area contributed by atoms with Gasteiger partial charge in [0.2, 0.25) is 0 Å². The van der Waals surface area contributed by atoms with Crippen molar-refractivity contribution in [3.05, 3.63) is 53.5 Å². The molecule has 0 aliphatic rings. The molecule has 0 aliphatic carbocycles. The molecule has 0 fully saturated rings. The van der Waals surface area contributed by atoms with Crippen LogP contribution >= 0.6 is 11.8 Å². The number of thioether (sulfide) groups is 1. The van der Waals surface area contributed by atoms with Crippen LogP contribution < -0.4 is 5.32 Å². The first kappa shape index (κ1) is 13.9. The summed E-state index contributed by atoms with van der Waals surface area (Å²) in [5.41, 5.74) is 3.70. The molecule has 0 saturated carbocycles. The summed E-state index contributed by atoms with van der Waals surface area (Å²) < 4.78 is 0. The third-order valence-electron chi connectivity index (χ3n) is 2.66. The van der Waals surface area contributed by atoms with Crippen LogP contribution in [0, 0.1) is 6.92 Å². The van der Waals surface area contributed by atoms with Crippen LogP contribution in [0.25, 0.3) is 0 Å². The fourth-order valence-electron chi connectivity index (χ4n) is 1.78. The third kappa shape index (κ3) is 4.56. The molecule has 2 rings (SSSR count). The van der Waals surface area contributed by atoms with Crippen LogP contribution in [0.1, 0.15) is 23.7 Å². The topological polar surface area (TPSA) is 37.8 Å². The van der Waals surface area contributed by atoms with Crippen molar-refractivity contribution in [2.45, 2.75) is 25.4 Å². The molecule has 0 saturated heterocycles. The van der Waals surface area contributed by atoms with Crippen molar-refractivity contribution in [3.63, 3.8) is 0 Å². The Bertz CT molecular complexity index is 511. The van der Waals surface area contributed by atoms with E-state index >= 15 is 0 Å².